The van der Waals surface area contributed by atoms with Gasteiger partial charge in [0.25, 0.3) is 0 Å². The third-order valence-electron chi connectivity index (χ3n) is 3.14. The number of hydrogen-bond acceptors (Lipinski definition) is 3. The molecule has 1 N–H and O–H groups in total. The lowest BCUT2D eigenvalue weighted by Gasteiger charge is -2.19. The first kappa shape index (κ1) is 12.3. The summed E-state index contributed by atoms with van der Waals surface area (Å²) in [7, 11) is 0. The van der Waals surface area contributed by atoms with Gasteiger partial charge in [-0.25, -0.2) is 0 Å². The number of rotatable bonds is 5. The van der Waals surface area contributed by atoms with Crippen LogP contribution in [0.2, 0.25) is 0 Å². The van der Waals surface area contributed by atoms with E-state index >= 15 is 0 Å². The van der Waals surface area contributed by atoms with Gasteiger partial charge >= 0.3 is 5.97 Å². The van der Waals surface area contributed by atoms with Gasteiger partial charge in [-0.1, -0.05) is 18.2 Å². The van der Waals surface area contributed by atoms with Crippen LogP contribution in [-0.2, 0) is 4.79 Å². The van der Waals surface area contributed by atoms with Crippen LogP contribution in [0.1, 0.15) is 17.9 Å². The van der Waals surface area contributed by atoms with Crippen molar-refractivity contribution in [2.24, 2.45) is 0 Å². The van der Waals surface area contributed by atoms with Crippen LogP contribution in [0.3, 0.4) is 0 Å². The smallest absolute Gasteiger partial charge is 0.304 e. The Kier molecular flexibility index (Phi) is 3.94. The largest absolute Gasteiger partial charge is 0.481 e. The van der Waals surface area contributed by atoms with E-state index in [2.05, 4.69) is 23.3 Å². The molecule has 0 radical (unpaired) electrons. The van der Waals surface area contributed by atoms with Crippen LogP contribution in [0, 0.1) is 0 Å². The number of carboxylic acids is 1. The molecule has 1 heterocycles. The highest BCUT2D eigenvalue weighted by Crippen LogP contribution is 2.37. The molecule has 0 saturated carbocycles. The van der Waals surface area contributed by atoms with E-state index in [1.807, 2.05) is 23.9 Å². The predicted octanol–water partition coefficient (Wildman–Crippen LogP) is 2.43. The topological polar surface area (TPSA) is 40.5 Å². The highest BCUT2D eigenvalue weighted by molar-refractivity contribution is 7.98. The molecule has 2 rings (SSSR count). The van der Waals surface area contributed by atoms with Gasteiger partial charge in [0.2, 0.25) is 0 Å². The summed E-state index contributed by atoms with van der Waals surface area (Å²) in [5.74, 6) is 0.510. The predicted molar refractivity (Wildman–Crippen MR) is 72.0 cm³/mol. The Morgan fingerprint density at radius 3 is 3.00 bits per heavy atom. The zero-order valence-corrected chi connectivity index (χ0v) is 10.7. The summed E-state index contributed by atoms with van der Waals surface area (Å²) in [6.45, 7) is 1.83. The lowest BCUT2D eigenvalue weighted by atomic mass is 9.98. The highest BCUT2D eigenvalue weighted by Gasteiger charge is 2.29. The van der Waals surface area contributed by atoms with E-state index in [0.29, 0.717) is 0 Å². The van der Waals surface area contributed by atoms with Gasteiger partial charge in [0.1, 0.15) is 0 Å². The van der Waals surface area contributed by atoms with E-state index in [0.717, 1.165) is 18.8 Å². The van der Waals surface area contributed by atoms with E-state index in [-0.39, 0.29) is 12.3 Å². The number of benzene rings is 1. The zero-order chi connectivity index (χ0) is 12.3. The molecule has 1 aromatic rings. The Balaban J connectivity index is 2.17. The molecule has 1 aliphatic rings. The van der Waals surface area contributed by atoms with Gasteiger partial charge in [-0.05, 0) is 17.9 Å². The molecule has 0 fully saturated rings. The van der Waals surface area contributed by atoms with Crippen molar-refractivity contribution < 1.29 is 9.90 Å². The number of carboxylic acid groups (broad SMARTS) is 1. The first-order chi connectivity index (χ1) is 8.22. The molecule has 0 amide bonds. The number of para-hydroxylation sites is 1. The van der Waals surface area contributed by atoms with Crippen molar-refractivity contribution in [3.8, 4) is 0 Å². The van der Waals surface area contributed by atoms with Crippen LogP contribution >= 0.6 is 11.8 Å². The average Bonchev–Trinajstić information content (AvgIpc) is 2.65. The molecule has 0 aromatic heterocycles. The standard InChI is InChI=1S/C13H17NO2S/c1-17-7-6-14-9-10(8-13(15)16)11-4-2-3-5-12(11)14/h2-5,10H,6-9H2,1H3,(H,15,16). The van der Waals surface area contributed by atoms with E-state index in [9.17, 15) is 4.79 Å². The first-order valence-corrected chi connectivity index (χ1v) is 7.16. The summed E-state index contributed by atoms with van der Waals surface area (Å²) < 4.78 is 0. The van der Waals surface area contributed by atoms with E-state index in [1.165, 1.54) is 11.3 Å². The molecule has 0 aliphatic carbocycles. The van der Waals surface area contributed by atoms with Crippen LogP contribution in [0.4, 0.5) is 5.69 Å². The quantitative estimate of drug-likeness (QED) is 0.872. The van der Waals surface area contributed by atoms with Crippen molar-refractivity contribution in [2.75, 3.05) is 30.0 Å². The lowest BCUT2D eigenvalue weighted by molar-refractivity contribution is -0.137. The molecule has 1 aliphatic heterocycles. The zero-order valence-electron chi connectivity index (χ0n) is 9.93. The van der Waals surface area contributed by atoms with Crippen LogP contribution in [0.5, 0.6) is 0 Å². The van der Waals surface area contributed by atoms with Crippen molar-refractivity contribution in [3.63, 3.8) is 0 Å². The van der Waals surface area contributed by atoms with Crippen molar-refractivity contribution in [1.29, 1.82) is 0 Å². The summed E-state index contributed by atoms with van der Waals surface area (Å²) in [4.78, 5) is 13.2. The van der Waals surface area contributed by atoms with Crippen molar-refractivity contribution in [3.05, 3.63) is 29.8 Å². The molecule has 17 heavy (non-hydrogen) atoms. The molecule has 0 bridgehead atoms. The molecule has 1 aromatic carbocycles. The van der Waals surface area contributed by atoms with E-state index in [4.69, 9.17) is 5.11 Å². The van der Waals surface area contributed by atoms with Crippen LogP contribution in [0.25, 0.3) is 0 Å². The second-order valence-corrected chi connectivity index (χ2v) is 5.28. The number of thioether (sulfide) groups is 1. The maximum Gasteiger partial charge on any atom is 0.304 e. The maximum absolute atomic E-state index is 10.9. The number of anilines is 1. The van der Waals surface area contributed by atoms with Crippen LogP contribution in [-0.4, -0.2) is 36.2 Å². The van der Waals surface area contributed by atoms with Gasteiger partial charge in [-0.15, -0.1) is 0 Å². The van der Waals surface area contributed by atoms with Gasteiger partial charge in [0.15, 0.2) is 0 Å². The summed E-state index contributed by atoms with van der Waals surface area (Å²) >= 11 is 1.82. The van der Waals surface area contributed by atoms with Gasteiger partial charge in [-0.3, -0.25) is 4.79 Å². The molecule has 0 saturated heterocycles. The Morgan fingerprint density at radius 1 is 1.53 bits per heavy atom. The Bertz CT molecular complexity index is 408. The summed E-state index contributed by atoms with van der Waals surface area (Å²) in [6, 6.07) is 8.17. The molecule has 0 spiro atoms. The molecule has 1 unspecified atom stereocenters. The number of fused-ring (bicyclic) bond motifs is 1. The monoisotopic (exact) mass is 251 g/mol. The fraction of sp³-hybridized carbons (Fsp3) is 0.462. The van der Waals surface area contributed by atoms with Crippen LogP contribution < -0.4 is 4.90 Å². The van der Waals surface area contributed by atoms with Crippen molar-refractivity contribution in [1.82, 2.24) is 0 Å². The summed E-state index contributed by atoms with van der Waals surface area (Å²) in [5, 5.41) is 8.94. The fourth-order valence-corrected chi connectivity index (χ4v) is 2.78. The third kappa shape index (κ3) is 2.75. The van der Waals surface area contributed by atoms with Gasteiger partial charge in [0.05, 0.1) is 6.42 Å². The Hall–Kier alpha value is -1.16. The molecule has 3 nitrogen and oxygen atoms in total. The Morgan fingerprint density at radius 2 is 2.29 bits per heavy atom. The summed E-state index contributed by atoms with van der Waals surface area (Å²) in [5.41, 5.74) is 2.41. The second kappa shape index (κ2) is 5.45. The first-order valence-electron chi connectivity index (χ1n) is 5.77. The van der Waals surface area contributed by atoms with Crippen LogP contribution in [0.15, 0.2) is 24.3 Å². The second-order valence-electron chi connectivity index (χ2n) is 4.29. The number of hydrogen-bond donors (Lipinski definition) is 1. The van der Waals surface area contributed by atoms with Crippen molar-refractivity contribution >= 4 is 23.4 Å². The van der Waals surface area contributed by atoms with Crippen molar-refractivity contribution in [2.45, 2.75) is 12.3 Å². The van der Waals surface area contributed by atoms with Gasteiger partial charge in [-0.2, -0.15) is 11.8 Å². The molecular formula is C13H17NO2S. The fourth-order valence-electron chi connectivity index (χ4n) is 2.38. The number of nitrogens with zero attached hydrogens (tertiary/aromatic N) is 1. The van der Waals surface area contributed by atoms with E-state index < -0.39 is 5.97 Å². The Labute approximate surface area is 106 Å². The highest BCUT2D eigenvalue weighted by atomic mass is 32.2. The molecule has 4 heteroatoms. The molecule has 92 valence electrons. The van der Waals surface area contributed by atoms with E-state index in [1.54, 1.807) is 0 Å². The minimum Gasteiger partial charge on any atom is -0.481 e. The third-order valence-corrected chi connectivity index (χ3v) is 3.74. The maximum atomic E-state index is 10.9. The average molecular weight is 251 g/mol. The lowest BCUT2D eigenvalue weighted by Crippen LogP contribution is -2.25. The molecule has 1 atom stereocenters. The minimum atomic E-state index is -0.712. The number of carbonyl (C=O) groups is 1. The van der Waals surface area contributed by atoms with Gasteiger partial charge < -0.3 is 10.0 Å². The number of aliphatic carboxylic acids is 1. The molecular weight excluding hydrogens is 234 g/mol. The normalized spacial score (nSPS) is 18.2. The van der Waals surface area contributed by atoms with Gasteiger partial charge in [0, 0.05) is 30.4 Å². The minimum absolute atomic E-state index is 0.144. The SMILES string of the molecule is CSCCN1CC(CC(=O)O)c2ccccc21. The summed E-state index contributed by atoms with van der Waals surface area (Å²) in [6.07, 6.45) is 2.32.